The topological polar surface area (TPSA) is 57.8 Å². The van der Waals surface area contributed by atoms with E-state index in [0.717, 1.165) is 42.6 Å². The first-order valence-corrected chi connectivity index (χ1v) is 7.23. The fourth-order valence-corrected chi connectivity index (χ4v) is 2.95. The molecule has 2 N–H and O–H groups in total. The van der Waals surface area contributed by atoms with Gasteiger partial charge < -0.3 is 10.3 Å². The normalized spacial score (nSPS) is 14.3. The fraction of sp³-hybridized carbons (Fsp3) is 0.286. The van der Waals surface area contributed by atoms with Crippen LogP contribution in [0, 0.1) is 0 Å². The molecule has 2 heterocycles. The number of benzene rings is 1. The molecule has 1 aromatic carbocycles. The van der Waals surface area contributed by atoms with Crippen LogP contribution in [0.3, 0.4) is 0 Å². The fourth-order valence-electron chi connectivity index (χ4n) is 2.44. The number of aromatic amines is 1. The standard InChI is InChI=1S/C14H13Cl2N3O/c15-8-4-5-9(11(16)7-8)12-10-3-1-2-6-17-13(10)19-14(20)18-12/h4-5,7H,1-3,6H2,(H2,17,18,19,20). The van der Waals surface area contributed by atoms with Gasteiger partial charge in [-0.2, -0.15) is 4.98 Å². The Morgan fingerprint density at radius 3 is 2.85 bits per heavy atom. The number of fused-ring (bicyclic) bond motifs is 1. The molecular formula is C14H13Cl2N3O. The van der Waals surface area contributed by atoms with Crippen molar-refractivity contribution in [2.24, 2.45) is 0 Å². The van der Waals surface area contributed by atoms with Crippen molar-refractivity contribution in [1.82, 2.24) is 9.97 Å². The minimum Gasteiger partial charge on any atom is -0.370 e. The van der Waals surface area contributed by atoms with Gasteiger partial charge in [0.25, 0.3) is 0 Å². The molecule has 0 fully saturated rings. The van der Waals surface area contributed by atoms with E-state index in [1.165, 1.54) is 0 Å². The summed E-state index contributed by atoms with van der Waals surface area (Å²) in [5.74, 6) is 0.660. The van der Waals surface area contributed by atoms with Crippen LogP contribution in [0.2, 0.25) is 10.0 Å². The van der Waals surface area contributed by atoms with Crippen LogP contribution in [-0.4, -0.2) is 16.5 Å². The number of halogens is 2. The minimum absolute atomic E-state index is 0.376. The van der Waals surface area contributed by atoms with E-state index >= 15 is 0 Å². The van der Waals surface area contributed by atoms with Crippen molar-refractivity contribution >= 4 is 29.0 Å². The van der Waals surface area contributed by atoms with Crippen molar-refractivity contribution in [3.8, 4) is 11.3 Å². The summed E-state index contributed by atoms with van der Waals surface area (Å²) in [6.07, 6.45) is 2.96. The summed E-state index contributed by atoms with van der Waals surface area (Å²) in [5.41, 5.74) is 2.14. The first-order chi connectivity index (χ1) is 9.65. The summed E-state index contributed by atoms with van der Waals surface area (Å²) in [5, 5.41) is 4.29. The number of anilines is 1. The number of aromatic nitrogens is 2. The SMILES string of the molecule is O=c1nc2c(c(-c3ccc(Cl)cc3Cl)[nH]1)CCCCN2. The zero-order valence-corrected chi connectivity index (χ0v) is 12.2. The summed E-state index contributed by atoms with van der Waals surface area (Å²) < 4.78 is 0. The van der Waals surface area contributed by atoms with E-state index < -0.39 is 0 Å². The highest BCUT2D eigenvalue weighted by atomic mass is 35.5. The Morgan fingerprint density at radius 1 is 1.20 bits per heavy atom. The number of nitrogens with zero attached hydrogens (tertiary/aromatic N) is 1. The summed E-state index contributed by atoms with van der Waals surface area (Å²) >= 11 is 12.2. The molecule has 2 aromatic rings. The van der Waals surface area contributed by atoms with Gasteiger partial charge in [0.1, 0.15) is 5.82 Å². The Kier molecular flexibility index (Phi) is 3.68. The smallest absolute Gasteiger partial charge is 0.347 e. The first kappa shape index (κ1) is 13.5. The number of hydrogen-bond donors (Lipinski definition) is 2. The zero-order valence-electron chi connectivity index (χ0n) is 10.7. The molecule has 1 aromatic heterocycles. The lowest BCUT2D eigenvalue weighted by atomic mass is 10.0. The summed E-state index contributed by atoms with van der Waals surface area (Å²) in [6.45, 7) is 0.831. The maximum Gasteiger partial charge on any atom is 0.347 e. The monoisotopic (exact) mass is 309 g/mol. The van der Waals surface area contributed by atoms with Crippen molar-refractivity contribution in [3.63, 3.8) is 0 Å². The molecule has 3 rings (SSSR count). The molecule has 0 atom stereocenters. The molecule has 20 heavy (non-hydrogen) atoms. The third-order valence-corrected chi connectivity index (χ3v) is 3.93. The lowest BCUT2D eigenvalue weighted by Gasteiger charge is -2.13. The zero-order chi connectivity index (χ0) is 14.1. The predicted octanol–water partition coefficient (Wildman–Crippen LogP) is 3.49. The average molecular weight is 310 g/mol. The van der Waals surface area contributed by atoms with Gasteiger partial charge in [-0.3, -0.25) is 0 Å². The van der Waals surface area contributed by atoms with Crippen LogP contribution in [0.15, 0.2) is 23.0 Å². The van der Waals surface area contributed by atoms with Crippen LogP contribution in [-0.2, 0) is 6.42 Å². The highest BCUT2D eigenvalue weighted by Crippen LogP contribution is 2.33. The Hall–Kier alpha value is -1.52. The van der Waals surface area contributed by atoms with Gasteiger partial charge in [-0.05, 0) is 37.5 Å². The van der Waals surface area contributed by atoms with Crippen LogP contribution in [0.5, 0.6) is 0 Å². The van der Waals surface area contributed by atoms with Crippen LogP contribution in [0.4, 0.5) is 5.82 Å². The maximum absolute atomic E-state index is 11.8. The lowest BCUT2D eigenvalue weighted by Crippen LogP contribution is -2.17. The van der Waals surface area contributed by atoms with E-state index in [1.807, 2.05) is 6.07 Å². The third-order valence-electron chi connectivity index (χ3n) is 3.38. The second-order valence-electron chi connectivity index (χ2n) is 4.75. The van der Waals surface area contributed by atoms with Gasteiger partial charge in [-0.15, -0.1) is 0 Å². The molecule has 0 saturated carbocycles. The average Bonchev–Trinajstić information content (AvgIpc) is 2.63. The summed E-state index contributed by atoms with van der Waals surface area (Å²) in [6, 6.07) is 5.26. The molecule has 0 radical (unpaired) electrons. The highest BCUT2D eigenvalue weighted by Gasteiger charge is 2.17. The van der Waals surface area contributed by atoms with Crippen LogP contribution >= 0.6 is 23.2 Å². The second-order valence-corrected chi connectivity index (χ2v) is 5.60. The van der Waals surface area contributed by atoms with Crippen molar-refractivity contribution in [1.29, 1.82) is 0 Å². The van der Waals surface area contributed by atoms with E-state index in [9.17, 15) is 4.79 Å². The molecule has 1 aliphatic heterocycles. The molecule has 104 valence electrons. The van der Waals surface area contributed by atoms with E-state index in [1.54, 1.807) is 12.1 Å². The Morgan fingerprint density at radius 2 is 2.05 bits per heavy atom. The van der Waals surface area contributed by atoms with Gasteiger partial charge in [0.15, 0.2) is 0 Å². The molecule has 0 saturated heterocycles. The van der Waals surface area contributed by atoms with Gasteiger partial charge in [0.2, 0.25) is 0 Å². The summed E-state index contributed by atoms with van der Waals surface area (Å²) in [7, 11) is 0. The number of hydrogen-bond acceptors (Lipinski definition) is 3. The number of nitrogens with one attached hydrogen (secondary N) is 2. The van der Waals surface area contributed by atoms with E-state index in [-0.39, 0.29) is 5.69 Å². The van der Waals surface area contributed by atoms with Gasteiger partial charge in [-0.25, -0.2) is 4.79 Å². The van der Waals surface area contributed by atoms with Crippen LogP contribution in [0.1, 0.15) is 18.4 Å². The third kappa shape index (κ3) is 2.53. The highest BCUT2D eigenvalue weighted by molar-refractivity contribution is 6.36. The molecule has 4 nitrogen and oxygen atoms in total. The van der Waals surface area contributed by atoms with E-state index in [4.69, 9.17) is 23.2 Å². The molecular weight excluding hydrogens is 297 g/mol. The Bertz CT molecular complexity index is 712. The summed E-state index contributed by atoms with van der Waals surface area (Å²) in [4.78, 5) is 18.6. The van der Waals surface area contributed by atoms with Gasteiger partial charge in [0.05, 0.1) is 10.7 Å². The predicted molar refractivity (Wildman–Crippen MR) is 81.7 cm³/mol. The van der Waals surface area contributed by atoms with Crippen LogP contribution < -0.4 is 11.0 Å². The quantitative estimate of drug-likeness (QED) is 0.847. The lowest BCUT2D eigenvalue weighted by molar-refractivity contribution is 0.785. The molecule has 0 amide bonds. The minimum atomic E-state index is -0.376. The van der Waals surface area contributed by atoms with Crippen molar-refractivity contribution < 1.29 is 0 Å². The largest absolute Gasteiger partial charge is 0.370 e. The maximum atomic E-state index is 11.8. The van der Waals surface area contributed by atoms with E-state index in [0.29, 0.717) is 15.9 Å². The number of H-pyrrole nitrogens is 1. The molecule has 0 spiro atoms. The molecule has 0 unspecified atom stereocenters. The van der Waals surface area contributed by atoms with Gasteiger partial charge in [0, 0.05) is 22.7 Å². The van der Waals surface area contributed by atoms with Crippen molar-refractivity contribution in [3.05, 3.63) is 44.3 Å². The second kappa shape index (κ2) is 5.46. The molecule has 6 heteroatoms. The number of rotatable bonds is 1. The van der Waals surface area contributed by atoms with Gasteiger partial charge >= 0.3 is 5.69 Å². The molecule has 0 bridgehead atoms. The van der Waals surface area contributed by atoms with Crippen LogP contribution in [0.25, 0.3) is 11.3 Å². The Balaban J connectivity index is 2.22. The van der Waals surface area contributed by atoms with Crippen molar-refractivity contribution in [2.75, 3.05) is 11.9 Å². The molecule has 0 aliphatic carbocycles. The van der Waals surface area contributed by atoms with E-state index in [2.05, 4.69) is 15.3 Å². The Labute approximate surface area is 126 Å². The first-order valence-electron chi connectivity index (χ1n) is 6.47. The molecule has 1 aliphatic rings. The van der Waals surface area contributed by atoms with Crippen molar-refractivity contribution in [2.45, 2.75) is 19.3 Å². The van der Waals surface area contributed by atoms with Gasteiger partial charge in [-0.1, -0.05) is 23.2 Å².